The van der Waals surface area contributed by atoms with Crippen LogP contribution >= 0.6 is 0 Å². The molecule has 0 spiro atoms. The van der Waals surface area contributed by atoms with Gasteiger partial charge in [0.05, 0.1) is 72.4 Å². The third-order valence-electron chi connectivity index (χ3n) is 14.0. The first kappa shape index (κ1) is 75.7. The number of benzene rings is 6. The van der Waals surface area contributed by atoms with Crippen molar-refractivity contribution in [3.63, 3.8) is 0 Å². The molecule has 1 aliphatic rings. The number of hydrogen-bond donors (Lipinski definition) is 2. The van der Waals surface area contributed by atoms with Crippen LogP contribution < -0.4 is 36.9 Å². The quantitative estimate of drug-likeness (QED) is 0.0324. The number of hydrogen-bond acceptors (Lipinski definition) is 34. The molecule has 526 valence electrons. The van der Waals surface area contributed by atoms with Crippen LogP contribution in [-0.4, -0.2) is 138 Å². The fourth-order valence-corrected chi connectivity index (χ4v) is 12.7. The van der Waals surface area contributed by atoms with Gasteiger partial charge in [-0.3, -0.25) is 0 Å². The van der Waals surface area contributed by atoms with Gasteiger partial charge < -0.3 is 82.7 Å². The molecule has 0 unspecified atom stereocenters. The Hall–Kier alpha value is -10.1. The Kier molecular flexibility index (Phi) is 22.5. The van der Waals surface area contributed by atoms with Crippen molar-refractivity contribution in [2.75, 3.05) is 41.8 Å². The van der Waals surface area contributed by atoms with Gasteiger partial charge in [0.2, 0.25) is 17.8 Å². The van der Waals surface area contributed by atoms with E-state index in [9.17, 15) is 94.2 Å². The molecular weight excluding hydrogens is 1520 g/mol. The molecule has 0 atom stereocenters. The average molecular weight is 1560 g/mol. The number of azo groups is 2. The van der Waals surface area contributed by atoms with E-state index >= 15 is 0 Å². The Morgan fingerprint density at radius 1 is 0.500 bits per heavy atom. The molecule has 9 aromatic rings. The maximum atomic E-state index is 13.5. The van der Waals surface area contributed by atoms with Crippen molar-refractivity contribution in [3.8, 4) is 11.4 Å². The second-order valence-corrected chi connectivity index (χ2v) is 27.3. The molecule has 43 heteroatoms. The Bertz CT molecular complexity index is 5660. The van der Waals surface area contributed by atoms with E-state index in [2.05, 4.69) is 56.2 Å². The summed E-state index contributed by atoms with van der Waals surface area (Å²) in [4.78, 5) is 60.5. The number of morpholine rings is 1. The number of carbonyl (C=O) groups excluding carboxylic acids is 2. The Labute approximate surface area is 585 Å². The molecule has 10 rings (SSSR count). The third-order valence-corrected chi connectivity index (χ3v) is 18.4. The molecule has 1 fully saturated rings. The molecule has 4 heterocycles. The van der Waals surface area contributed by atoms with Crippen LogP contribution in [-0.2, 0) is 89.5 Å². The molecule has 2 radical (unpaired) electrons. The van der Waals surface area contributed by atoms with Crippen molar-refractivity contribution in [1.29, 1.82) is 0 Å². The maximum Gasteiger partial charge on any atom is 2.00 e. The van der Waals surface area contributed by atoms with Crippen LogP contribution in [0.5, 0.6) is 0 Å². The zero-order valence-electron chi connectivity index (χ0n) is 50.1. The van der Waals surface area contributed by atoms with Crippen LogP contribution in [0.4, 0.5) is 52.0 Å². The molecule has 6 aromatic carbocycles. The number of ether oxygens (including phenoxy) is 1. The second-order valence-electron chi connectivity index (χ2n) is 20.5. The fourth-order valence-electron chi connectivity index (χ4n) is 9.39. The number of rotatable bonds is 22. The molecule has 0 bridgehead atoms. The summed E-state index contributed by atoms with van der Waals surface area (Å²) < 4.78 is 194. The van der Waals surface area contributed by atoms with E-state index in [-0.39, 0.29) is 152 Å². The first-order valence-corrected chi connectivity index (χ1v) is 34.4. The third kappa shape index (κ3) is 17.3. The number of nitrogens with zero attached hydrogens (tertiary/aromatic N) is 12. The first-order valence-electron chi connectivity index (χ1n) is 27.4. The molecule has 1 saturated heterocycles. The average Bonchev–Trinajstić information content (AvgIpc) is 1.59. The van der Waals surface area contributed by atoms with Gasteiger partial charge in [0.1, 0.15) is 61.7 Å². The number of carbonyl (C=O) groups is 2. The minimum absolute atomic E-state index is 0. The summed E-state index contributed by atoms with van der Waals surface area (Å²) in [5.74, 6) is -4.20. The van der Waals surface area contributed by atoms with Gasteiger partial charge in [-0.05, 0) is 95.1 Å². The van der Waals surface area contributed by atoms with Gasteiger partial charge in [0, 0.05) is 35.6 Å². The molecule has 100 heavy (non-hydrogen) atoms. The predicted octanol–water partition coefficient (Wildman–Crippen LogP) is 2.76. The van der Waals surface area contributed by atoms with Crippen LogP contribution in [0.3, 0.4) is 0 Å². The van der Waals surface area contributed by atoms with E-state index < -0.39 is 115 Å². The van der Waals surface area contributed by atoms with Crippen LogP contribution in [0, 0.1) is 13.8 Å². The summed E-state index contributed by atoms with van der Waals surface area (Å²) in [5, 5.41) is 52.0. The molecular formula is C57H39Cu2N14O22S5-5. The summed E-state index contributed by atoms with van der Waals surface area (Å²) in [6, 6.07) is 19.8. The summed E-state index contributed by atoms with van der Waals surface area (Å²) in [7, 11) is -26.8. The van der Waals surface area contributed by atoms with Crippen LogP contribution in [0.25, 0.3) is 35.7 Å². The second kappa shape index (κ2) is 29.8. The van der Waals surface area contributed by atoms with E-state index in [1.807, 2.05) is 0 Å². The Morgan fingerprint density at radius 3 is 1.29 bits per heavy atom. The summed E-state index contributed by atoms with van der Waals surface area (Å²) in [6.45, 7) is 3.49. The molecule has 0 aliphatic carbocycles. The maximum absolute atomic E-state index is 13.5. The molecule has 2 N–H and O–H groups in total. The van der Waals surface area contributed by atoms with Gasteiger partial charge in [0.25, 0.3) is 0 Å². The molecule has 3 aromatic heterocycles. The van der Waals surface area contributed by atoms with Gasteiger partial charge in [-0.15, -0.1) is 11.4 Å². The molecule has 1 aliphatic heterocycles. The first-order chi connectivity index (χ1) is 46.0. The van der Waals surface area contributed by atoms with Crippen molar-refractivity contribution in [1.82, 2.24) is 34.5 Å². The number of aryl methyl sites for hydroxylation is 2. The number of aromatic carboxylic acids is 2. The normalized spacial score (nSPS) is 13.2. The van der Waals surface area contributed by atoms with E-state index in [4.69, 9.17) is 4.74 Å². The van der Waals surface area contributed by atoms with E-state index in [0.717, 1.165) is 91.0 Å². The van der Waals surface area contributed by atoms with Gasteiger partial charge in [-0.25, -0.2) is 61.6 Å². The zero-order chi connectivity index (χ0) is 71.0. The standard InChI is InChI=1S/C57H46N14O22S5.2Cu/c1-30-49(65-63-43-6-4-3-5-41(43)53(74)75)51(72)70(67-30)38-17-13-34(47(27-38)97(87,88)89)9-7-32-11-15-36(25-45(32)95(81,82)83)58-55-60-56(62-57(61-55)69-21-23-93-24-22-69)59-37-16-12-33(46(26-37)96(84,85)86)8-10-35-14-18-39(28-48(35)98(90,91)92)71-52(73)50(31(2)68-71)66-64-44-20-19-40(94(78,79)80)29-42(44)54(76)77;;/h3-20,25-29H,21-24H2,1-2H3,(H,74,75)(H,76,77)(H,78,79,80)(H,81,82,83)(H,84,85,86)(H,87,88,89)(H,90,91,92)(H2,58,59,60,61,62);;/q-2;2*+2/p-7. The van der Waals surface area contributed by atoms with Crippen LogP contribution in [0.2, 0.25) is 0 Å². The van der Waals surface area contributed by atoms with Crippen molar-refractivity contribution < 1.29 is 124 Å². The summed E-state index contributed by atoms with van der Waals surface area (Å²) in [6.07, 6.45) is 3.96. The minimum Gasteiger partial charge on any atom is -0.744 e. The van der Waals surface area contributed by atoms with E-state index in [1.165, 1.54) is 56.3 Å². The number of aromatic nitrogens is 7. The number of carboxylic acids is 2. The SMILES string of the molecule is Cc1nn(-c2ccc(C=Cc3ccc(Nc4nc(Nc5ccc(C=Cc6ccc(-n7nc(C)[c-](N=Nc8ccc(S(=O)(=O)[O-])cc8C(=O)[O-])c7=O)cc6S(=O)(=O)[O-])c(S(=O)(=O)[O-])c5)nc(N5CCOCC5)n4)cc3S(=O)(=O)[O-])c(S(=O)(=O)[O-])c2)c(=O)[c-]1N=Nc1ccccc1C(=O)[O-].[Cu+2].[Cu+2]. The topological polar surface area (TPSA) is 561 Å². The predicted molar refractivity (Wildman–Crippen MR) is 330 cm³/mol. The molecule has 0 saturated carbocycles. The van der Waals surface area contributed by atoms with Crippen LogP contribution in [0.1, 0.15) is 54.4 Å². The van der Waals surface area contributed by atoms with Crippen molar-refractivity contribution in [3.05, 3.63) is 181 Å². The van der Waals surface area contributed by atoms with Crippen molar-refractivity contribution in [2.24, 2.45) is 20.5 Å². The molecule has 0 amide bonds. The smallest absolute Gasteiger partial charge is 0.744 e. The largest absolute Gasteiger partial charge is 2.00 e. The van der Waals surface area contributed by atoms with E-state index in [0.29, 0.717) is 15.4 Å². The van der Waals surface area contributed by atoms with Crippen molar-refractivity contribution in [2.45, 2.75) is 38.3 Å². The van der Waals surface area contributed by atoms with Gasteiger partial charge in [-0.1, -0.05) is 92.0 Å². The minimum atomic E-state index is -5.45. The summed E-state index contributed by atoms with van der Waals surface area (Å²) in [5.41, 5.74) is -7.33. The Balaban J connectivity index is 0.00000636. The zero-order valence-corrected chi connectivity index (χ0v) is 56.1. The van der Waals surface area contributed by atoms with E-state index in [1.54, 1.807) is 4.90 Å². The molecule has 36 nitrogen and oxygen atoms in total. The van der Waals surface area contributed by atoms with Gasteiger partial charge in [0.15, 0.2) is 0 Å². The number of anilines is 5. The number of nitrogens with one attached hydrogen (secondary N) is 2. The monoisotopic (exact) mass is 1560 g/mol. The van der Waals surface area contributed by atoms with Gasteiger partial charge in [-0.2, -0.15) is 25.2 Å². The van der Waals surface area contributed by atoms with Crippen LogP contribution in [0.15, 0.2) is 170 Å². The van der Waals surface area contributed by atoms with Crippen molar-refractivity contribution >= 4 is 139 Å². The Morgan fingerprint density at radius 2 is 0.890 bits per heavy atom. The fraction of sp³-hybridized carbons (Fsp3) is 0.105. The summed E-state index contributed by atoms with van der Waals surface area (Å²) >= 11 is 0. The van der Waals surface area contributed by atoms with Gasteiger partial charge >= 0.3 is 34.1 Å². The number of carboxylic acid groups (broad SMARTS) is 2.